The Hall–Kier alpha value is -2.80. The number of rotatable bonds is 9. The molecule has 0 spiro atoms. The van der Waals surface area contributed by atoms with Crippen molar-refractivity contribution in [1.82, 2.24) is 0 Å². The molecule has 0 fully saturated rings. The summed E-state index contributed by atoms with van der Waals surface area (Å²) >= 11 is 5.46. The second-order valence-corrected chi connectivity index (χ2v) is 6.87. The van der Waals surface area contributed by atoms with E-state index in [0.717, 1.165) is 17.7 Å². The molecule has 2 aromatic rings. The largest absolute Gasteiger partial charge is 0.492 e. The van der Waals surface area contributed by atoms with E-state index >= 15 is 0 Å². The summed E-state index contributed by atoms with van der Waals surface area (Å²) in [7, 11) is 0. The van der Waals surface area contributed by atoms with Crippen molar-refractivity contribution in [3.8, 4) is 11.5 Å². The van der Waals surface area contributed by atoms with Crippen molar-refractivity contribution < 1.29 is 14.3 Å². The topological polar surface area (TPSA) is 71.6 Å². The molecule has 3 N–H and O–H groups in total. The maximum atomic E-state index is 12.1. The van der Waals surface area contributed by atoms with E-state index in [1.165, 1.54) is 0 Å². The molecule has 2 aromatic carbocycles. The van der Waals surface area contributed by atoms with Crippen molar-refractivity contribution in [2.75, 3.05) is 29.2 Å². The van der Waals surface area contributed by atoms with E-state index in [2.05, 4.69) is 16.0 Å². The highest BCUT2D eigenvalue weighted by molar-refractivity contribution is 7.80. The molecular weight excluding hydrogens is 386 g/mol. The standard InChI is InChI=1S/C22H29N3O3S/c1-5-9-21(26)24-17-13-20(28-7-3)18(14-19(17)27-6-2)25-22(29)23-16-11-8-10-15(4)12-16/h8,10-14H,5-7,9H2,1-4H3,(H,24,26)(H2,23,25,29). The number of benzene rings is 2. The lowest BCUT2D eigenvalue weighted by molar-refractivity contribution is -0.116. The molecule has 0 unspecified atom stereocenters. The van der Waals surface area contributed by atoms with Crippen molar-refractivity contribution >= 4 is 40.3 Å². The summed E-state index contributed by atoms with van der Waals surface area (Å²) in [4.78, 5) is 12.1. The zero-order chi connectivity index (χ0) is 21.2. The average Bonchev–Trinajstić information content (AvgIpc) is 2.65. The Morgan fingerprint density at radius 2 is 1.55 bits per heavy atom. The first-order valence-electron chi connectivity index (χ1n) is 9.84. The number of hydrogen-bond acceptors (Lipinski definition) is 4. The van der Waals surface area contributed by atoms with Crippen LogP contribution in [-0.2, 0) is 4.79 Å². The van der Waals surface area contributed by atoms with Crippen molar-refractivity contribution in [3.05, 3.63) is 42.0 Å². The fourth-order valence-electron chi connectivity index (χ4n) is 2.75. The van der Waals surface area contributed by atoms with E-state index in [4.69, 9.17) is 21.7 Å². The van der Waals surface area contributed by atoms with Crippen LogP contribution in [-0.4, -0.2) is 24.2 Å². The van der Waals surface area contributed by atoms with Crippen molar-refractivity contribution in [2.45, 2.75) is 40.5 Å². The van der Waals surface area contributed by atoms with Crippen LogP contribution in [0.15, 0.2) is 36.4 Å². The van der Waals surface area contributed by atoms with E-state index < -0.39 is 0 Å². The van der Waals surface area contributed by atoms with Crippen molar-refractivity contribution in [1.29, 1.82) is 0 Å². The molecule has 0 aliphatic carbocycles. The molecule has 0 bridgehead atoms. The van der Waals surface area contributed by atoms with Gasteiger partial charge in [0.25, 0.3) is 0 Å². The van der Waals surface area contributed by atoms with E-state index in [0.29, 0.717) is 47.6 Å². The Morgan fingerprint density at radius 1 is 0.931 bits per heavy atom. The molecule has 0 radical (unpaired) electrons. The Morgan fingerprint density at radius 3 is 2.10 bits per heavy atom. The predicted octanol–water partition coefficient (Wildman–Crippen LogP) is 5.34. The van der Waals surface area contributed by atoms with Crippen LogP contribution in [0.2, 0.25) is 0 Å². The Balaban J connectivity index is 2.27. The molecule has 1 amide bonds. The zero-order valence-corrected chi connectivity index (χ0v) is 18.2. The number of aryl methyl sites for hydroxylation is 1. The molecule has 156 valence electrons. The fourth-order valence-corrected chi connectivity index (χ4v) is 2.98. The lowest BCUT2D eigenvalue weighted by Gasteiger charge is -2.19. The Kier molecular flexibility index (Phi) is 8.73. The summed E-state index contributed by atoms with van der Waals surface area (Å²) < 4.78 is 11.5. The summed E-state index contributed by atoms with van der Waals surface area (Å²) in [6.07, 6.45) is 1.21. The third-order valence-electron chi connectivity index (χ3n) is 3.96. The summed E-state index contributed by atoms with van der Waals surface area (Å²) in [6.45, 7) is 8.72. The maximum absolute atomic E-state index is 12.1. The van der Waals surface area contributed by atoms with Crippen LogP contribution < -0.4 is 25.4 Å². The summed E-state index contributed by atoms with van der Waals surface area (Å²) in [6, 6.07) is 11.5. The molecule has 6 nitrogen and oxygen atoms in total. The molecular formula is C22H29N3O3S. The molecule has 0 saturated heterocycles. The lowest BCUT2D eigenvalue weighted by Crippen LogP contribution is -2.20. The number of hydrogen-bond donors (Lipinski definition) is 3. The molecule has 0 aliphatic rings. The van der Waals surface area contributed by atoms with Gasteiger partial charge >= 0.3 is 0 Å². The quantitative estimate of drug-likeness (QED) is 0.480. The molecule has 7 heteroatoms. The molecule has 0 aromatic heterocycles. The summed E-state index contributed by atoms with van der Waals surface area (Å²) in [5.74, 6) is 1.07. The smallest absolute Gasteiger partial charge is 0.224 e. The Labute approximate surface area is 178 Å². The summed E-state index contributed by atoms with van der Waals surface area (Å²) in [5, 5.41) is 9.67. The van der Waals surface area contributed by atoms with Gasteiger partial charge in [-0.15, -0.1) is 0 Å². The van der Waals surface area contributed by atoms with Gasteiger partial charge in [0.1, 0.15) is 11.5 Å². The van der Waals surface area contributed by atoms with Gasteiger partial charge in [-0.1, -0.05) is 19.1 Å². The van der Waals surface area contributed by atoms with Crippen molar-refractivity contribution in [2.24, 2.45) is 0 Å². The van der Waals surface area contributed by atoms with Gasteiger partial charge in [-0.2, -0.15) is 0 Å². The van der Waals surface area contributed by atoms with E-state index in [1.54, 1.807) is 12.1 Å². The summed E-state index contributed by atoms with van der Waals surface area (Å²) in [5.41, 5.74) is 3.28. The first-order valence-corrected chi connectivity index (χ1v) is 10.3. The normalized spacial score (nSPS) is 10.2. The van der Waals surface area contributed by atoms with E-state index in [-0.39, 0.29) is 5.91 Å². The third-order valence-corrected chi connectivity index (χ3v) is 4.16. The molecule has 2 rings (SSSR count). The van der Waals surface area contributed by atoms with Gasteiger partial charge in [-0.25, -0.2) is 0 Å². The number of carbonyl (C=O) groups excluding carboxylic acids is 1. The van der Waals surface area contributed by atoms with Crippen molar-refractivity contribution in [3.63, 3.8) is 0 Å². The van der Waals surface area contributed by atoms with Crippen LogP contribution in [0.5, 0.6) is 11.5 Å². The zero-order valence-electron chi connectivity index (χ0n) is 17.4. The fraction of sp³-hybridized carbons (Fsp3) is 0.364. The molecule has 0 saturated carbocycles. The molecule has 0 aliphatic heterocycles. The van der Waals surface area contributed by atoms with Gasteiger partial charge in [0.2, 0.25) is 5.91 Å². The van der Waals surface area contributed by atoms with Crippen LogP contribution >= 0.6 is 12.2 Å². The molecule has 29 heavy (non-hydrogen) atoms. The molecule has 0 heterocycles. The second kappa shape index (κ2) is 11.3. The number of nitrogens with one attached hydrogen (secondary N) is 3. The first-order chi connectivity index (χ1) is 14.0. The van der Waals surface area contributed by atoms with Crippen LogP contribution in [0.1, 0.15) is 39.2 Å². The Bertz CT molecular complexity index is 855. The maximum Gasteiger partial charge on any atom is 0.224 e. The highest BCUT2D eigenvalue weighted by Crippen LogP contribution is 2.37. The average molecular weight is 416 g/mol. The van der Waals surface area contributed by atoms with Gasteiger partial charge < -0.3 is 25.4 Å². The minimum Gasteiger partial charge on any atom is -0.492 e. The van der Waals surface area contributed by atoms with Gasteiger partial charge in [0.05, 0.1) is 24.6 Å². The SMILES string of the molecule is CCCC(=O)Nc1cc(OCC)c(NC(=S)Nc2cccc(C)c2)cc1OCC. The number of anilines is 3. The number of thiocarbonyl (C=S) groups is 1. The monoisotopic (exact) mass is 415 g/mol. The molecule has 0 atom stereocenters. The van der Waals surface area contributed by atoms with Crippen LogP contribution in [0.3, 0.4) is 0 Å². The first kappa shape index (κ1) is 22.5. The minimum absolute atomic E-state index is 0.0618. The third kappa shape index (κ3) is 6.94. The highest BCUT2D eigenvalue weighted by Gasteiger charge is 2.15. The highest BCUT2D eigenvalue weighted by atomic mass is 32.1. The minimum atomic E-state index is -0.0618. The van der Waals surface area contributed by atoms with Gasteiger partial charge in [0.15, 0.2) is 5.11 Å². The number of carbonyl (C=O) groups is 1. The van der Waals surface area contributed by atoms with E-state index in [9.17, 15) is 4.79 Å². The lowest BCUT2D eigenvalue weighted by atomic mass is 10.2. The van der Waals surface area contributed by atoms with Gasteiger partial charge in [-0.05, 0) is 57.1 Å². The van der Waals surface area contributed by atoms with Crippen LogP contribution in [0, 0.1) is 6.92 Å². The van der Waals surface area contributed by atoms with Gasteiger partial charge in [0, 0.05) is 24.2 Å². The predicted molar refractivity (Wildman–Crippen MR) is 123 cm³/mol. The number of ether oxygens (including phenoxy) is 2. The van der Waals surface area contributed by atoms with Crippen LogP contribution in [0.4, 0.5) is 17.1 Å². The van der Waals surface area contributed by atoms with E-state index in [1.807, 2.05) is 52.0 Å². The van der Waals surface area contributed by atoms with Gasteiger partial charge in [-0.3, -0.25) is 4.79 Å². The number of amides is 1. The second-order valence-electron chi connectivity index (χ2n) is 6.46. The van der Waals surface area contributed by atoms with Crippen LogP contribution in [0.25, 0.3) is 0 Å².